The zero-order valence-electron chi connectivity index (χ0n) is 7.52. The first-order valence-electron chi connectivity index (χ1n) is 4.02. The molecule has 0 aromatic rings. The van der Waals surface area contributed by atoms with Gasteiger partial charge in [-0.3, -0.25) is 0 Å². The van der Waals surface area contributed by atoms with E-state index >= 15 is 0 Å². The molecule has 2 N–H and O–H groups in total. The van der Waals surface area contributed by atoms with Crippen LogP contribution in [-0.4, -0.2) is 55.2 Å². The van der Waals surface area contributed by atoms with Crippen molar-refractivity contribution in [1.82, 2.24) is 9.80 Å². The molecular formula is C7H13N3O3. The van der Waals surface area contributed by atoms with Crippen LogP contribution in [0, 0.1) is 0 Å². The summed E-state index contributed by atoms with van der Waals surface area (Å²) in [5, 5.41) is 0. The lowest BCUT2D eigenvalue weighted by Crippen LogP contribution is -2.52. The molecule has 13 heavy (non-hydrogen) atoms. The predicted octanol–water partition coefficient (Wildman–Crippen LogP) is -0.551. The Balaban J connectivity index is 2.39. The molecule has 1 rings (SSSR count). The Labute approximate surface area is 76.2 Å². The number of urea groups is 1. The average molecular weight is 187 g/mol. The van der Waals surface area contributed by atoms with Crippen LogP contribution in [0.5, 0.6) is 0 Å². The van der Waals surface area contributed by atoms with Crippen molar-refractivity contribution >= 4 is 12.1 Å². The number of ether oxygens (including phenoxy) is 1. The summed E-state index contributed by atoms with van der Waals surface area (Å²) < 4.78 is 4.54. The minimum atomic E-state index is -0.440. The third-order valence-corrected chi connectivity index (χ3v) is 2.02. The highest BCUT2D eigenvalue weighted by Crippen LogP contribution is 2.02. The minimum Gasteiger partial charge on any atom is -0.453 e. The Kier molecular flexibility index (Phi) is 2.94. The normalized spacial score (nSPS) is 17.0. The fraction of sp³-hybridized carbons (Fsp3) is 0.714. The smallest absolute Gasteiger partial charge is 0.409 e. The van der Waals surface area contributed by atoms with Gasteiger partial charge in [-0.25, -0.2) is 9.59 Å². The maximum atomic E-state index is 11.0. The first kappa shape index (κ1) is 9.63. The van der Waals surface area contributed by atoms with Crippen LogP contribution in [0.15, 0.2) is 0 Å². The summed E-state index contributed by atoms with van der Waals surface area (Å²) in [7, 11) is 1.34. The molecule has 1 fully saturated rings. The second kappa shape index (κ2) is 3.97. The number of rotatable bonds is 0. The summed E-state index contributed by atoms with van der Waals surface area (Å²) in [6.07, 6.45) is -0.357. The van der Waals surface area contributed by atoms with Crippen molar-refractivity contribution in [2.24, 2.45) is 5.73 Å². The molecule has 6 heteroatoms. The molecule has 1 heterocycles. The van der Waals surface area contributed by atoms with Gasteiger partial charge < -0.3 is 20.3 Å². The molecule has 0 spiro atoms. The van der Waals surface area contributed by atoms with Crippen LogP contribution >= 0.6 is 0 Å². The highest BCUT2D eigenvalue weighted by molar-refractivity contribution is 5.73. The summed E-state index contributed by atoms with van der Waals surface area (Å²) >= 11 is 0. The molecule has 6 nitrogen and oxygen atoms in total. The van der Waals surface area contributed by atoms with Crippen molar-refractivity contribution in [3.8, 4) is 0 Å². The lowest BCUT2D eigenvalue weighted by Gasteiger charge is -2.32. The number of amides is 3. The second-order valence-electron chi connectivity index (χ2n) is 2.78. The molecule has 1 saturated heterocycles. The number of nitrogens with zero attached hydrogens (tertiary/aromatic N) is 2. The molecule has 0 bridgehead atoms. The van der Waals surface area contributed by atoms with E-state index in [1.807, 2.05) is 0 Å². The predicted molar refractivity (Wildman–Crippen MR) is 45.1 cm³/mol. The van der Waals surface area contributed by atoms with Crippen LogP contribution < -0.4 is 5.73 Å². The highest BCUT2D eigenvalue weighted by Gasteiger charge is 2.22. The number of primary amides is 1. The van der Waals surface area contributed by atoms with Crippen molar-refractivity contribution in [1.29, 1.82) is 0 Å². The monoisotopic (exact) mass is 187 g/mol. The van der Waals surface area contributed by atoms with E-state index < -0.39 is 6.03 Å². The summed E-state index contributed by atoms with van der Waals surface area (Å²) in [5.41, 5.74) is 5.07. The van der Waals surface area contributed by atoms with Crippen LogP contribution in [0.3, 0.4) is 0 Å². The molecule has 0 aliphatic carbocycles. The highest BCUT2D eigenvalue weighted by atomic mass is 16.5. The van der Waals surface area contributed by atoms with E-state index in [1.54, 1.807) is 4.90 Å². The minimum absolute atomic E-state index is 0.357. The van der Waals surface area contributed by atoms with Crippen LogP contribution in [0.1, 0.15) is 0 Å². The topological polar surface area (TPSA) is 75.9 Å². The van der Waals surface area contributed by atoms with E-state index in [4.69, 9.17) is 5.73 Å². The fourth-order valence-corrected chi connectivity index (χ4v) is 1.24. The number of piperazine rings is 1. The van der Waals surface area contributed by atoms with E-state index in [0.29, 0.717) is 26.2 Å². The van der Waals surface area contributed by atoms with Crippen LogP contribution in [0.2, 0.25) is 0 Å². The second-order valence-corrected chi connectivity index (χ2v) is 2.78. The van der Waals surface area contributed by atoms with E-state index in [1.165, 1.54) is 12.0 Å². The van der Waals surface area contributed by atoms with Gasteiger partial charge in [0.25, 0.3) is 0 Å². The molecule has 0 unspecified atom stereocenters. The maximum Gasteiger partial charge on any atom is 0.409 e. The fourth-order valence-electron chi connectivity index (χ4n) is 1.24. The Morgan fingerprint density at radius 2 is 1.62 bits per heavy atom. The van der Waals surface area contributed by atoms with Crippen molar-refractivity contribution in [2.45, 2.75) is 0 Å². The molecule has 74 valence electrons. The van der Waals surface area contributed by atoms with Crippen LogP contribution in [-0.2, 0) is 4.74 Å². The van der Waals surface area contributed by atoms with Crippen molar-refractivity contribution in [3.63, 3.8) is 0 Å². The summed E-state index contributed by atoms with van der Waals surface area (Å²) in [6, 6.07) is -0.440. The number of methoxy groups -OCH3 is 1. The number of nitrogens with two attached hydrogens (primary N) is 1. The van der Waals surface area contributed by atoms with Crippen LogP contribution in [0.4, 0.5) is 9.59 Å². The zero-order chi connectivity index (χ0) is 9.84. The van der Waals surface area contributed by atoms with Gasteiger partial charge in [0, 0.05) is 26.2 Å². The standard InChI is InChI=1S/C7H13N3O3/c1-13-7(12)10-4-2-9(3-5-10)6(8)11/h2-5H2,1H3,(H2,8,11). The van der Waals surface area contributed by atoms with Gasteiger partial charge in [0.15, 0.2) is 0 Å². The Hall–Kier alpha value is -1.46. The first-order chi connectivity index (χ1) is 6.15. The van der Waals surface area contributed by atoms with Crippen molar-refractivity contribution < 1.29 is 14.3 Å². The average Bonchev–Trinajstić information content (AvgIpc) is 2.17. The van der Waals surface area contributed by atoms with Crippen LogP contribution in [0.25, 0.3) is 0 Å². The van der Waals surface area contributed by atoms with Crippen molar-refractivity contribution in [3.05, 3.63) is 0 Å². The van der Waals surface area contributed by atoms with E-state index in [2.05, 4.69) is 4.74 Å². The number of carbonyl (C=O) groups excluding carboxylic acids is 2. The molecule has 0 aromatic carbocycles. The van der Waals surface area contributed by atoms with Gasteiger partial charge in [0.05, 0.1) is 7.11 Å². The Bertz CT molecular complexity index is 211. The molecule has 1 aliphatic heterocycles. The largest absolute Gasteiger partial charge is 0.453 e. The number of hydrogen-bond donors (Lipinski definition) is 1. The van der Waals surface area contributed by atoms with Gasteiger partial charge in [-0.05, 0) is 0 Å². The zero-order valence-corrected chi connectivity index (χ0v) is 7.52. The van der Waals surface area contributed by atoms with Gasteiger partial charge in [-0.2, -0.15) is 0 Å². The molecule has 0 radical (unpaired) electrons. The van der Waals surface area contributed by atoms with Gasteiger partial charge in [-0.15, -0.1) is 0 Å². The molecule has 0 saturated carbocycles. The Morgan fingerprint density at radius 1 is 1.15 bits per heavy atom. The summed E-state index contributed by atoms with van der Waals surface area (Å²) in [4.78, 5) is 24.8. The van der Waals surface area contributed by atoms with Gasteiger partial charge in [0.1, 0.15) is 0 Å². The summed E-state index contributed by atoms with van der Waals surface area (Å²) in [5.74, 6) is 0. The number of hydrogen-bond acceptors (Lipinski definition) is 3. The summed E-state index contributed by atoms with van der Waals surface area (Å²) in [6.45, 7) is 1.92. The third-order valence-electron chi connectivity index (χ3n) is 2.02. The van der Waals surface area contributed by atoms with Gasteiger partial charge >= 0.3 is 12.1 Å². The lowest BCUT2D eigenvalue weighted by molar-refractivity contribution is 0.0986. The molecule has 3 amide bonds. The lowest BCUT2D eigenvalue weighted by atomic mass is 10.3. The third kappa shape index (κ3) is 2.24. The Morgan fingerprint density at radius 3 is 2.00 bits per heavy atom. The van der Waals surface area contributed by atoms with Gasteiger partial charge in [0.2, 0.25) is 0 Å². The molecule has 0 atom stereocenters. The first-order valence-corrected chi connectivity index (χ1v) is 4.02. The number of carbonyl (C=O) groups is 2. The molecular weight excluding hydrogens is 174 g/mol. The van der Waals surface area contributed by atoms with E-state index in [0.717, 1.165) is 0 Å². The quantitative estimate of drug-likeness (QED) is 0.552. The maximum absolute atomic E-state index is 11.0. The SMILES string of the molecule is COC(=O)N1CCN(C(N)=O)CC1. The van der Waals surface area contributed by atoms with E-state index in [-0.39, 0.29) is 6.09 Å². The van der Waals surface area contributed by atoms with Gasteiger partial charge in [-0.1, -0.05) is 0 Å². The molecule has 0 aromatic heterocycles. The molecule has 1 aliphatic rings. The van der Waals surface area contributed by atoms with E-state index in [9.17, 15) is 9.59 Å². The van der Waals surface area contributed by atoms with Crippen molar-refractivity contribution in [2.75, 3.05) is 33.3 Å².